The van der Waals surface area contributed by atoms with Crippen molar-refractivity contribution < 1.29 is 9.21 Å². The zero-order chi connectivity index (χ0) is 15.5. The van der Waals surface area contributed by atoms with Crippen molar-refractivity contribution in [2.75, 3.05) is 10.6 Å². The Morgan fingerprint density at radius 1 is 1.05 bits per heavy atom. The third-order valence-electron chi connectivity index (χ3n) is 3.12. The minimum atomic E-state index is -0.345. The van der Waals surface area contributed by atoms with Crippen LogP contribution in [0.15, 0.2) is 59.2 Å². The van der Waals surface area contributed by atoms with Gasteiger partial charge in [0.05, 0.1) is 6.26 Å². The number of urea groups is 1. The highest BCUT2D eigenvalue weighted by Gasteiger charge is 2.05. The van der Waals surface area contributed by atoms with Crippen molar-refractivity contribution in [3.8, 4) is 0 Å². The number of furan rings is 1. The zero-order valence-electron chi connectivity index (χ0n) is 11.5. The molecule has 0 spiro atoms. The minimum absolute atomic E-state index is 0.287. The fraction of sp³-hybridized carbons (Fsp3) is 0. The van der Waals surface area contributed by atoms with E-state index >= 15 is 0 Å². The molecule has 0 saturated carbocycles. The summed E-state index contributed by atoms with van der Waals surface area (Å²) in [5, 5.41) is 6.43. The van der Waals surface area contributed by atoms with E-state index in [4.69, 9.17) is 22.4 Å². The second-order valence-corrected chi connectivity index (χ2v) is 5.14. The van der Waals surface area contributed by atoms with Gasteiger partial charge >= 0.3 is 6.03 Å². The van der Waals surface area contributed by atoms with Gasteiger partial charge in [-0.2, -0.15) is 0 Å². The van der Waals surface area contributed by atoms with Gasteiger partial charge in [-0.1, -0.05) is 24.4 Å². The van der Waals surface area contributed by atoms with E-state index in [0.717, 1.165) is 11.0 Å². The Kier molecular flexibility index (Phi) is 3.76. The first-order valence-electron chi connectivity index (χ1n) is 6.57. The number of nitrogens with one attached hydrogen (secondary N) is 2. The van der Waals surface area contributed by atoms with Crippen LogP contribution < -0.4 is 16.4 Å². The zero-order valence-corrected chi connectivity index (χ0v) is 12.3. The van der Waals surface area contributed by atoms with Crippen LogP contribution in [0.3, 0.4) is 0 Å². The number of anilines is 2. The van der Waals surface area contributed by atoms with Crippen LogP contribution in [-0.4, -0.2) is 11.0 Å². The van der Waals surface area contributed by atoms with E-state index in [1.54, 1.807) is 42.7 Å². The molecule has 5 nitrogen and oxygen atoms in total. The summed E-state index contributed by atoms with van der Waals surface area (Å²) in [6, 6.07) is 14.0. The second kappa shape index (κ2) is 5.87. The summed E-state index contributed by atoms with van der Waals surface area (Å²) >= 11 is 4.92. The summed E-state index contributed by atoms with van der Waals surface area (Å²) in [6.45, 7) is 0. The third-order valence-corrected chi connectivity index (χ3v) is 3.35. The van der Waals surface area contributed by atoms with E-state index in [1.165, 1.54) is 0 Å². The van der Waals surface area contributed by atoms with Gasteiger partial charge in [0.15, 0.2) is 0 Å². The van der Waals surface area contributed by atoms with Crippen LogP contribution >= 0.6 is 12.2 Å². The molecule has 0 fully saturated rings. The van der Waals surface area contributed by atoms with Crippen LogP contribution in [0.5, 0.6) is 0 Å². The fourth-order valence-electron chi connectivity index (χ4n) is 2.09. The van der Waals surface area contributed by atoms with Crippen molar-refractivity contribution in [3.05, 3.63) is 60.4 Å². The van der Waals surface area contributed by atoms with Crippen LogP contribution in [0.1, 0.15) is 5.56 Å². The van der Waals surface area contributed by atoms with Crippen LogP contribution in [0, 0.1) is 0 Å². The van der Waals surface area contributed by atoms with Gasteiger partial charge in [-0.15, -0.1) is 0 Å². The molecule has 2 amide bonds. The van der Waals surface area contributed by atoms with Gasteiger partial charge in [0.2, 0.25) is 0 Å². The number of benzene rings is 2. The Balaban J connectivity index is 1.71. The summed E-state index contributed by atoms with van der Waals surface area (Å²) in [7, 11) is 0. The van der Waals surface area contributed by atoms with Gasteiger partial charge in [-0.05, 0) is 36.4 Å². The lowest BCUT2D eigenvalue weighted by Crippen LogP contribution is -2.19. The molecule has 22 heavy (non-hydrogen) atoms. The first-order valence-corrected chi connectivity index (χ1v) is 6.98. The molecule has 0 aliphatic carbocycles. The van der Waals surface area contributed by atoms with Crippen LogP contribution in [0.4, 0.5) is 16.2 Å². The molecule has 4 N–H and O–H groups in total. The Morgan fingerprint density at radius 3 is 2.59 bits per heavy atom. The van der Waals surface area contributed by atoms with Gasteiger partial charge in [0.1, 0.15) is 10.6 Å². The van der Waals surface area contributed by atoms with E-state index < -0.39 is 0 Å². The van der Waals surface area contributed by atoms with Gasteiger partial charge in [-0.3, -0.25) is 0 Å². The Morgan fingerprint density at radius 2 is 1.82 bits per heavy atom. The lowest BCUT2D eigenvalue weighted by atomic mass is 10.2. The maximum absolute atomic E-state index is 12.0. The molecule has 3 aromatic rings. The lowest BCUT2D eigenvalue weighted by molar-refractivity contribution is 0.262. The molecule has 1 heterocycles. The number of hydrogen-bond acceptors (Lipinski definition) is 3. The number of rotatable bonds is 3. The van der Waals surface area contributed by atoms with E-state index in [9.17, 15) is 4.79 Å². The van der Waals surface area contributed by atoms with Crippen molar-refractivity contribution in [1.29, 1.82) is 0 Å². The molecule has 3 rings (SSSR count). The van der Waals surface area contributed by atoms with Crippen molar-refractivity contribution in [1.82, 2.24) is 0 Å². The summed E-state index contributed by atoms with van der Waals surface area (Å²) in [5.74, 6) is 0. The highest BCUT2D eigenvalue weighted by atomic mass is 32.1. The number of fused-ring (bicyclic) bond motifs is 1. The summed E-state index contributed by atoms with van der Waals surface area (Å²) in [5.41, 5.74) is 8.34. The molecule has 0 atom stereocenters. The average Bonchev–Trinajstić information content (AvgIpc) is 2.95. The molecular formula is C16H13N3O2S. The first kappa shape index (κ1) is 14.1. The number of thiocarbonyl (C=S) groups is 1. The van der Waals surface area contributed by atoms with Crippen LogP contribution in [0.2, 0.25) is 0 Å². The monoisotopic (exact) mass is 311 g/mol. The van der Waals surface area contributed by atoms with Crippen LogP contribution in [0.25, 0.3) is 11.0 Å². The molecule has 110 valence electrons. The fourth-order valence-corrected chi connectivity index (χ4v) is 2.22. The molecule has 0 bridgehead atoms. The second-order valence-electron chi connectivity index (χ2n) is 4.70. The average molecular weight is 311 g/mol. The molecule has 0 aliphatic heterocycles. The van der Waals surface area contributed by atoms with Gasteiger partial charge in [0.25, 0.3) is 0 Å². The molecule has 2 aromatic carbocycles. The van der Waals surface area contributed by atoms with Crippen molar-refractivity contribution in [3.63, 3.8) is 0 Å². The van der Waals surface area contributed by atoms with Gasteiger partial charge in [-0.25, -0.2) is 4.79 Å². The maximum Gasteiger partial charge on any atom is 0.323 e. The van der Waals surface area contributed by atoms with E-state index in [-0.39, 0.29) is 11.0 Å². The predicted octanol–water partition coefficient (Wildman–Crippen LogP) is 3.71. The molecule has 6 heteroatoms. The molecule has 0 unspecified atom stereocenters. The highest BCUT2D eigenvalue weighted by molar-refractivity contribution is 7.80. The summed E-state index contributed by atoms with van der Waals surface area (Å²) < 4.78 is 5.26. The number of hydrogen-bond donors (Lipinski definition) is 3. The smallest absolute Gasteiger partial charge is 0.323 e. The minimum Gasteiger partial charge on any atom is -0.464 e. The summed E-state index contributed by atoms with van der Waals surface area (Å²) in [4.78, 5) is 12.3. The SMILES string of the molecule is NC(=S)c1cccc(NC(=O)Nc2ccc3occc3c2)c1. The molecule has 1 aromatic heterocycles. The number of carbonyl (C=O) groups excluding carboxylic acids is 1. The van der Waals surface area contributed by atoms with Gasteiger partial charge < -0.3 is 20.8 Å². The lowest BCUT2D eigenvalue weighted by Gasteiger charge is -2.08. The van der Waals surface area contributed by atoms with Crippen molar-refractivity contribution in [2.45, 2.75) is 0 Å². The number of amides is 2. The van der Waals surface area contributed by atoms with E-state index in [2.05, 4.69) is 10.6 Å². The standard InChI is InChI=1S/C16H13N3O2S/c17-15(22)11-2-1-3-12(9-11)18-16(20)19-13-4-5-14-10(8-13)6-7-21-14/h1-9H,(H2,17,22)(H2,18,19,20). The van der Waals surface area contributed by atoms with Gasteiger partial charge in [0, 0.05) is 22.3 Å². The molecule has 0 radical (unpaired) electrons. The normalized spacial score (nSPS) is 10.4. The Labute approximate surface area is 132 Å². The maximum atomic E-state index is 12.0. The van der Waals surface area contributed by atoms with Crippen molar-refractivity contribution >= 4 is 45.6 Å². The molecule has 0 saturated heterocycles. The van der Waals surface area contributed by atoms with Crippen molar-refractivity contribution in [2.24, 2.45) is 5.73 Å². The number of nitrogens with two attached hydrogens (primary N) is 1. The molecular weight excluding hydrogens is 298 g/mol. The molecule has 0 aliphatic rings. The largest absolute Gasteiger partial charge is 0.464 e. The van der Waals surface area contributed by atoms with Crippen LogP contribution in [-0.2, 0) is 0 Å². The third kappa shape index (κ3) is 3.07. The highest BCUT2D eigenvalue weighted by Crippen LogP contribution is 2.20. The Hall–Kier alpha value is -2.86. The Bertz CT molecular complexity index is 857. The topological polar surface area (TPSA) is 80.3 Å². The number of carbonyl (C=O) groups is 1. The van der Waals surface area contributed by atoms with E-state index in [1.807, 2.05) is 12.1 Å². The quantitative estimate of drug-likeness (QED) is 0.644. The first-order chi connectivity index (χ1) is 10.6. The summed E-state index contributed by atoms with van der Waals surface area (Å²) in [6.07, 6.45) is 1.61. The van der Waals surface area contributed by atoms with E-state index in [0.29, 0.717) is 16.9 Å². The predicted molar refractivity (Wildman–Crippen MR) is 91.2 cm³/mol.